The number of carbonyl (C=O) groups excluding carboxylic acids is 2. The van der Waals surface area contributed by atoms with Crippen LogP contribution in [-0.4, -0.2) is 40.6 Å². The number of nitrogen functional groups attached to an aromatic ring is 1. The van der Waals surface area contributed by atoms with Crippen LogP contribution in [0.5, 0.6) is 0 Å². The predicted octanol–water partition coefficient (Wildman–Crippen LogP) is 3.65. The average molecular weight is 450 g/mol. The Morgan fingerprint density at radius 2 is 1.79 bits per heavy atom. The molecule has 0 amide bonds. The molecule has 11 heteroatoms. The number of carbonyl (C=O) groups is 2. The van der Waals surface area contributed by atoms with E-state index in [9.17, 15) is 9.59 Å². The van der Waals surface area contributed by atoms with Crippen molar-refractivity contribution in [3.8, 4) is 0 Å². The number of aromatic nitrogens is 1. The Kier molecular flexibility index (Phi) is 8.17. The minimum Gasteiger partial charge on any atom is -0.455 e. The van der Waals surface area contributed by atoms with Crippen LogP contribution < -0.4 is 5.73 Å². The molecule has 0 aliphatic carbocycles. The van der Waals surface area contributed by atoms with Crippen LogP contribution in [0, 0.1) is 0 Å². The topological polar surface area (TPSA) is 113 Å². The zero-order chi connectivity index (χ0) is 21.8. The molecule has 0 atom stereocenters. The molecule has 8 nitrogen and oxygen atoms in total. The van der Waals surface area contributed by atoms with E-state index in [0.29, 0.717) is 23.1 Å². The van der Waals surface area contributed by atoms with Crippen molar-refractivity contribution in [2.45, 2.75) is 59.7 Å². The second kappa shape index (κ2) is 9.33. The molecular formula is C17H28N3O5PS2. The van der Waals surface area contributed by atoms with Crippen LogP contribution in [0.3, 0.4) is 0 Å². The van der Waals surface area contributed by atoms with E-state index in [4.69, 9.17) is 31.6 Å². The first-order valence-corrected chi connectivity index (χ1v) is 12.7. The molecule has 0 aliphatic rings. The number of nitrogens with two attached hydrogens (primary N) is 1. The van der Waals surface area contributed by atoms with E-state index in [1.165, 1.54) is 11.3 Å². The lowest BCUT2D eigenvalue weighted by Gasteiger charge is -2.23. The van der Waals surface area contributed by atoms with Gasteiger partial charge in [0.25, 0.3) is 5.71 Å². The second-order valence-corrected chi connectivity index (χ2v) is 13.4. The SMILES string of the molecule is CCP(=S)(CC)OC(=O)/C(=N\OC(C)(C)c1csc(N)n1)C(=O)OC(C)(C)C. The quantitative estimate of drug-likeness (QED) is 0.210. The van der Waals surface area contributed by atoms with Crippen molar-refractivity contribution < 1.29 is 23.7 Å². The first-order chi connectivity index (χ1) is 12.7. The number of oxime groups is 1. The number of esters is 1. The summed E-state index contributed by atoms with van der Waals surface area (Å²) in [5.41, 5.74) is 3.72. The van der Waals surface area contributed by atoms with Gasteiger partial charge in [-0.1, -0.05) is 30.8 Å². The Balaban J connectivity index is 3.18. The van der Waals surface area contributed by atoms with Gasteiger partial charge in [-0.15, -0.1) is 11.3 Å². The van der Waals surface area contributed by atoms with Crippen molar-refractivity contribution in [3.05, 3.63) is 11.1 Å². The zero-order valence-electron chi connectivity index (χ0n) is 17.3. The van der Waals surface area contributed by atoms with Crippen molar-refractivity contribution in [2.75, 3.05) is 18.1 Å². The monoisotopic (exact) mass is 449 g/mol. The summed E-state index contributed by atoms with van der Waals surface area (Å²) in [5.74, 6) is -1.89. The van der Waals surface area contributed by atoms with Gasteiger partial charge in [0.1, 0.15) is 11.9 Å². The Bertz CT molecular complexity index is 791. The van der Waals surface area contributed by atoms with Crippen molar-refractivity contribution in [1.82, 2.24) is 4.98 Å². The lowest BCUT2D eigenvalue weighted by molar-refractivity contribution is -0.147. The van der Waals surface area contributed by atoms with Crippen LogP contribution in [0.1, 0.15) is 54.2 Å². The number of thiazole rings is 1. The molecule has 0 saturated carbocycles. The van der Waals surface area contributed by atoms with Crippen molar-refractivity contribution >= 4 is 52.2 Å². The van der Waals surface area contributed by atoms with E-state index in [2.05, 4.69) is 10.1 Å². The highest BCUT2D eigenvalue weighted by molar-refractivity contribution is 8.12. The van der Waals surface area contributed by atoms with E-state index in [1.54, 1.807) is 40.0 Å². The minimum atomic E-state index is -2.39. The van der Waals surface area contributed by atoms with Gasteiger partial charge < -0.3 is 19.8 Å². The van der Waals surface area contributed by atoms with Gasteiger partial charge in [0, 0.05) is 17.7 Å². The standard InChI is InChI=1S/C17H28N3O5PS2/c1-8-26(27,9-2)24-14(22)12(13(21)23-16(3,4)5)20-25-17(6,7)11-10-28-15(18)19-11/h10H,8-9H2,1-7H3,(H2,18,19)/b20-12-. The van der Waals surface area contributed by atoms with Crippen LogP contribution in [-0.2, 0) is 41.1 Å². The van der Waals surface area contributed by atoms with Crippen LogP contribution in [0.15, 0.2) is 10.5 Å². The van der Waals surface area contributed by atoms with Crippen LogP contribution in [0.2, 0.25) is 0 Å². The minimum absolute atomic E-state index is 0.369. The molecule has 1 heterocycles. The van der Waals surface area contributed by atoms with Gasteiger partial charge in [-0.25, -0.2) is 14.6 Å². The number of ether oxygens (including phenoxy) is 1. The van der Waals surface area contributed by atoms with Gasteiger partial charge in [0.2, 0.25) is 0 Å². The fourth-order valence-corrected chi connectivity index (χ4v) is 3.82. The zero-order valence-corrected chi connectivity index (χ0v) is 19.8. The summed E-state index contributed by atoms with van der Waals surface area (Å²) in [7, 11) is 0. The predicted molar refractivity (Wildman–Crippen MR) is 115 cm³/mol. The molecule has 1 aromatic heterocycles. The maximum absolute atomic E-state index is 12.7. The summed E-state index contributed by atoms with van der Waals surface area (Å²) < 4.78 is 10.7. The van der Waals surface area contributed by atoms with E-state index >= 15 is 0 Å². The summed E-state index contributed by atoms with van der Waals surface area (Å²) in [5, 5.41) is 5.86. The first-order valence-electron chi connectivity index (χ1n) is 8.76. The highest BCUT2D eigenvalue weighted by Gasteiger charge is 2.34. The normalized spacial score (nSPS) is 13.2. The molecule has 1 rings (SSSR count). The molecule has 0 aliphatic heterocycles. The van der Waals surface area contributed by atoms with Crippen LogP contribution >= 0.6 is 17.6 Å². The molecule has 0 radical (unpaired) electrons. The van der Waals surface area contributed by atoms with Crippen LogP contribution in [0.4, 0.5) is 5.13 Å². The number of anilines is 1. The number of hydrogen-bond donors (Lipinski definition) is 1. The third-order valence-electron chi connectivity index (χ3n) is 3.50. The Hall–Kier alpha value is -1.51. The Morgan fingerprint density at radius 3 is 2.21 bits per heavy atom. The van der Waals surface area contributed by atoms with Gasteiger partial charge in [-0.3, -0.25) is 0 Å². The molecule has 0 bridgehead atoms. The molecule has 0 spiro atoms. The van der Waals surface area contributed by atoms with E-state index in [-0.39, 0.29) is 0 Å². The summed E-state index contributed by atoms with van der Waals surface area (Å²) in [4.78, 5) is 34.8. The molecule has 0 saturated heterocycles. The molecule has 0 fully saturated rings. The highest BCUT2D eigenvalue weighted by Crippen LogP contribution is 2.46. The van der Waals surface area contributed by atoms with Gasteiger partial charge in [-0.05, 0) is 34.6 Å². The fourth-order valence-electron chi connectivity index (χ4n) is 1.80. The Morgan fingerprint density at radius 1 is 1.21 bits per heavy atom. The molecule has 0 unspecified atom stereocenters. The summed E-state index contributed by atoms with van der Waals surface area (Å²) >= 11 is 6.68. The summed E-state index contributed by atoms with van der Waals surface area (Å²) in [6, 6.07) is 0. The number of rotatable bonds is 8. The van der Waals surface area contributed by atoms with E-state index < -0.39 is 35.1 Å². The highest BCUT2D eigenvalue weighted by atomic mass is 32.4. The maximum atomic E-state index is 12.7. The second-order valence-electron chi connectivity index (χ2n) is 7.44. The fraction of sp³-hybridized carbons (Fsp3) is 0.647. The van der Waals surface area contributed by atoms with Crippen molar-refractivity contribution in [3.63, 3.8) is 0 Å². The molecule has 1 aromatic rings. The molecule has 28 heavy (non-hydrogen) atoms. The summed E-state index contributed by atoms with van der Waals surface area (Å²) in [6.07, 6.45) is -1.37. The van der Waals surface area contributed by atoms with Crippen LogP contribution in [0.25, 0.3) is 0 Å². The third kappa shape index (κ3) is 7.14. The van der Waals surface area contributed by atoms with Gasteiger partial charge in [0.05, 0.1) is 5.69 Å². The number of nitrogens with zero attached hydrogens (tertiary/aromatic N) is 2. The third-order valence-corrected chi connectivity index (χ3v) is 8.37. The van der Waals surface area contributed by atoms with Crippen molar-refractivity contribution in [1.29, 1.82) is 0 Å². The number of hydrogen-bond acceptors (Lipinski definition) is 10. The lowest BCUT2D eigenvalue weighted by Crippen LogP contribution is -2.35. The largest absolute Gasteiger partial charge is 0.455 e. The van der Waals surface area contributed by atoms with E-state index in [1.807, 2.05) is 13.8 Å². The van der Waals surface area contributed by atoms with Gasteiger partial charge in [-0.2, -0.15) is 0 Å². The van der Waals surface area contributed by atoms with Gasteiger partial charge >= 0.3 is 11.9 Å². The van der Waals surface area contributed by atoms with Gasteiger partial charge in [0.15, 0.2) is 10.7 Å². The van der Waals surface area contributed by atoms with Crippen molar-refractivity contribution in [2.24, 2.45) is 5.16 Å². The van der Waals surface area contributed by atoms with E-state index in [0.717, 1.165) is 0 Å². The Labute approximate surface area is 174 Å². The lowest BCUT2D eigenvalue weighted by atomic mass is 10.1. The summed E-state index contributed by atoms with van der Waals surface area (Å²) in [6.45, 7) is 12.1. The molecule has 2 N–H and O–H groups in total. The smallest absolute Gasteiger partial charge is 0.371 e. The average Bonchev–Trinajstić information content (AvgIpc) is 3.00. The maximum Gasteiger partial charge on any atom is 0.371 e. The first kappa shape index (κ1) is 24.5. The molecule has 0 aromatic carbocycles. The molecular weight excluding hydrogens is 421 g/mol. The molecule has 158 valence electrons.